The summed E-state index contributed by atoms with van der Waals surface area (Å²) in [5, 5.41) is 2.44. The number of nitrogens with zero attached hydrogens (tertiary/aromatic N) is 1. The molecule has 0 atom stereocenters. The molecule has 2 aromatic carbocycles. The maximum Gasteiger partial charge on any atom is 0.218 e. The Hall–Kier alpha value is -2.90. The molecule has 0 unspecified atom stereocenters. The Morgan fingerprint density at radius 3 is 2.10 bits per heavy atom. The van der Waals surface area contributed by atoms with Gasteiger partial charge in [0.1, 0.15) is 10.1 Å². The lowest BCUT2D eigenvalue weighted by atomic mass is 10.1. The summed E-state index contributed by atoms with van der Waals surface area (Å²) in [7, 11) is -4.33. The standard InChI is InChI=1S/C13H13N3.C9H12O3S/c1-8-7-12-13(9(2)16(8)14)10-5-3-4-6-11(10)15-12;1-6-4-7(2)9(8(3)5-6)13(10,11)12/h3-7H,14H2,1-2H3;4-5H,1-3H3,(H,10,11,12). The Morgan fingerprint density at radius 1 is 0.931 bits per heavy atom. The van der Waals surface area contributed by atoms with Crippen LogP contribution in [0.1, 0.15) is 28.1 Å². The molecule has 0 amide bonds. The Morgan fingerprint density at radius 2 is 1.52 bits per heavy atom. The highest BCUT2D eigenvalue weighted by Crippen LogP contribution is 2.26. The first kappa shape index (κ1) is 20.8. The number of rotatable bonds is 1. The number of nitrogens with two attached hydrogens (primary N) is 1. The van der Waals surface area contributed by atoms with Gasteiger partial charge in [-0.2, -0.15) is 0 Å². The summed E-state index contributed by atoms with van der Waals surface area (Å²) < 4.78 is 34.2. The number of fused-ring (bicyclic) bond motifs is 3. The Labute approximate surface area is 170 Å². The summed E-state index contributed by atoms with van der Waals surface area (Å²) in [6.45, 7) is 9.18. The van der Waals surface area contributed by atoms with Gasteiger partial charge in [-0.05, 0) is 38.0 Å². The van der Waals surface area contributed by atoms with Gasteiger partial charge in [0.25, 0.3) is 0 Å². The zero-order valence-corrected chi connectivity index (χ0v) is 18.0. The van der Waals surface area contributed by atoms with E-state index < -0.39 is 10.1 Å². The normalized spacial score (nSPS) is 11.5. The fraction of sp³-hybridized carbons (Fsp3) is 0.227. The molecule has 152 valence electrons. The second-order valence-electron chi connectivity index (χ2n) is 7.38. The van der Waals surface area contributed by atoms with Crippen LogP contribution in [0.4, 0.5) is 0 Å². The van der Waals surface area contributed by atoms with Gasteiger partial charge in [0, 0.05) is 30.8 Å². The average Bonchev–Trinajstić information content (AvgIpc) is 2.96. The van der Waals surface area contributed by atoms with Crippen LogP contribution in [0.15, 0.2) is 47.4 Å². The minimum atomic E-state index is -4.33. The zero-order valence-electron chi connectivity index (χ0n) is 17.2. The SMILES string of the molecule is Cc1cc(C)c(S(=O)(=O)[O-])c(C)c1.Cc1cc2[nH]c3ccccc3c2c(C)[n+]1N. The van der Waals surface area contributed by atoms with Crippen LogP contribution in [0.2, 0.25) is 0 Å². The summed E-state index contributed by atoms with van der Waals surface area (Å²) in [6.07, 6.45) is 0. The van der Waals surface area contributed by atoms with E-state index in [0.717, 1.165) is 28.0 Å². The molecule has 0 fully saturated rings. The topological polar surface area (TPSA) is 103 Å². The fourth-order valence-electron chi connectivity index (χ4n) is 3.89. The lowest BCUT2D eigenvalue weighted by Crippen LogP contribution is -2.49. The first-order valence-electron chi connectivity index (χ1n) is 9.22. The van der Waals surface area contributed by atoms with E-state index in [9.17, 15) is 13.0 Å². The molecule has 0 aliphatic rings. The fourth-order valence-corrected chi connectivity index (χ4v) is 4.79. The van der Waals surface area contributed by atoms with Gasteiger partial charge in [-0.15, -0.1) is 0 Å². The maximum atomic E-state index is 10.8. The molecule has 0 spiro atoms. The smallest absolute Gasteiger partial charge is 0.218 e. The second kappa shape index (κ2) is 7.50. The zero-order chi connectivity index (χ0) is 21.5. The molecule has 0 bridgehead atoms. The van der Waals surface area contributed by atoms with Crippen molar-refractivity contribution >= 4 is 31.9 Å². The molecular formula is C22H25N3O3S. The van der Waals surface area contributed by atoms with E-state index in [1.807, 2.05) is 19.9 Å². The molecule has 4 aromatic rings. The molecular weight excluding hydrogens is 386 g/mol. The van der Waals surface area contributed by atoms with Crippen molar-refractivity contribution in [2.24, 2.45) is 0 Å². The highest BCUT2D eigenvalue weighted by Gasteiger charge is 2.16. The minimum Gasteiger partial charge on any atom is -0.744 e. The molecule has 7 heteroatoms. The van der Waals surface area contributed by atoms with Crippen LogP contribution in [-0.2, 0) is 10.1 Å². The third-order valence-corrected chi connectivity index (χ3v) is 6.19. The molecule has 0 aliphatic carbocycles. The molecule has 0 radical (unpaired) electrons. The summed E-state index contributed by atoms with van der Waals surface area (Å²) in [5.74, 6) is 6.00. The number of para-hydroxylation sites is 1. The maximum absolute atomic E-state index is 10.8. The average molecular weight is 412 g/mol. The molecule has 3 N–H and O–H groups in total. The number of pyridine rings is 1. The number of hydrogen-bond acceptors (Lipinski definition) is 4. The van der Waals surface area contributed by atoms with E-state index in [-0.39, 0.29) is 4.90 Å². The highest BCUT2D eigenvalue weighted by molar-refractivity contribution is 7.85. The van der Waals surface area contributed by atoms with Gasteiger partial charge in [-0.25, -0.2) is 14.3 Å². The molecule has 0 saturated carbocycles. The van der Waals surface area contributed by atoms with Crippen molar-refractivity contribution < 1.29 is 17.6 Å². The van der Waals surface area contributed by atoms with Crippen molar-refractivity contribution in [1.29, 1.82) is 0 Å². The van der Waals surface area contributed by atoms with Gasteiger partial charge < -0.3 is 9.54 Å². The number of aryl methyl sites for hydroxylation is 5. The number of aromatic amines is 1. The Kier molecular flexibility index (Phi) is 5.38. The van der Waals surface area contributed by atoms with E-state index >= 15 is 0 Å². The number of nitrogens with one attached hydrogen (secondary N) is 1. The predicted octanol–water partition coefficient (Wildman–Crippen LogP) is 3.46. The van der Waals surface area contributed by atoms with E-state index in [0.29, 0.717) is 11.1 Å². The summed E-state index contributed by atoms with van der Waals surface area (Å²) in [6, 6.07) is 13.8. The first-order valence-corrected chi connectivity index (χ1v) is 10.6. The summed E-state index contributed by atoms with van der Waals surface area (Å²) in [4.78, 5) is 3.33. The molecule has 4 rings (SSSR count). The number of aromatic nitrogens is 2. The van der Waals surface area contributed by atoms with E-state index in [1.54, 1.807) is 30.7 Å². The van der Waals surface area contributed by atoms with Gasteiger partial charge in [0.15, 0.2) is 0 Å². The monoisotopic (exact) mass is 411 g/mol. The number of H-pyrrole nitrogens is 1. The first-order chi connectivity index (χ1) is 13.5. The quantitative estimate of drug-likeness (QED) is 0.284. The molecule has 29 heavy (non-hydrogen) atoms. The predicted molar refractivity (Wildman–Crippen MR) is 114 cm³/mol. The lowest BCUT2D eigenvalue weighted by molar-refractivity contribution is -0.650. The Balaban J connectivity index is 0.000000170. The van der Waals surface area contributed by atoms with Gasteiger partial charge in [0.2, 0.25) is 11.4 Å². The summed E-state index contributed by atoms with van der Waals surface area (Å²) in [5.41, 5.74) is 6.45. The van der Waals surface area contributed by atoms with Crippen molar-refractivity contribution in [1.82, 2.24) is 4.98 Å². The largest absolute Gasteiger partial charge is 0.744 e. The number of hydrogen-bond donors (Lipinski definition) is 2. The lowest BCUT2D eigenvalue weighted by Gasteiger charge is -2.14. The van der Waals surface area contributed by atoms with Crippen LogP contribution in [-0.4, -0.2) is 18.0 Å². The molecule has 2 heterocycles. The molecule has 6 nitrogen and oxygen atoms in total. The van der Waals surface area contributed by atoms with Crippen molar-refractivity contribution in [3.8, 4) is 0 Å². The number of nitrogen functional groups attached to an aromatic ring is 1. The van der Waals surface area contributed by atoms with Crippen LogP contribution in [0.3, 0.4) is 0 Å². The second-order valence-corrected chi connectivity index (χ2v) is 8.70. The van der Waals surface area contributed by atoms with Gasteiger partial charge in [0.05, 0.1) is 15.8 Å². The molecule has 2 aromatic heterocycles. The van der Waals surface area contributed by atoms with Gasteiger partial charge in [-0.1, -0.05) is 40.6 Å². The van der Waals surface area contributed by atoms with Crippen LogP contribution in [0.25, 0.3) is 21.8 Å². The molecule has 0 aliphatic heterocycles. The summed E-state index contributed by atoms with van der Waals surface area (Å²) >= 11 is 0. The van der Waals surface area contributed by atoms with Gasteiger partial charge >= 0.3 is 0 Å². The Bertz CT molecular complexity index is 1320. The van der Waals surface area contributed by atoms with Crippen molar-refractivity contribution in [3.05, 3.63) is 70.5 Å². The van der Waals surface area contributed by atoms with Crippen LogP contribution >= 0.6 is 0 Å². The molecule has 0 saturated heterocycles. The van der Waals surface area contributed by atoms with Crippen LogP contribution in [0, 0.1) is 34.6 Å². The number of benzene rings is 2. The van der Waals surface area contributed by atoms with Crippen molar-refractivity contribution in [2.45, 2.75) is 39.5 Å². The van der Waals surface area contributed by atoms with Crippen LogP contribution in [0.5, 0.6) is 0 Å². The van der Waals surface area contributed by atoms with E-state index in [1.165, 1.54) is 10.8 Å². The highest BCUT2D eigenvalue weighted by atomic mass is 32.2. The van der Waals surface area contributed by atoms with Crippen LogP contribution < -0.4 is 10.5 Å². The van der Waals surface area contributed by atoms with Gasteiger partial charge in [-0.3, -0.25) is 0 Å². The third-order valence-electron chi connectivity index (χ3n) is 5.05. The third kappa shape index (κ3) is 3.97. The van der Waals surface area contributed by atoms with E-state index in [4.69, 9.17) is 5.84 Å². The van der Waals surface area contributed by atoms with Crippen molar-refractivity contribution in [2.75, 3.05) is 5.84 Å². The van der Waals surface area contributed by atoms with Crippen molar-refractivity contribution in [3.63, 3.8) is 0 Å². The van der Waals surface area contributed by atoms with E-state index in [2.05, 4.69) is 36.2 Å². The minimum absolute atomic E-state index is 0.0851.